The lowest BCUT2D eigenvalue weighted by Crippen LogP contribution is -2.32. The molecule has 0 saturated carbocycles. The van der Waals surface area contributed by atoms with Crippen LogP contribution in [0, 0.1) is 5.92 Å². The predicted octanol–water partition coefficient (Wildman–Crippen LogP) is 2.78. The molecular formula is C16H25NO3. The monoisotopic (exact) mass is 279 g/mol. The van der Waals surface area contributed by atoms with Crippen molar-refractivity contribution in [3.63, 3.8) is 0 Å². The first kappa shape index (κ1) is 15.1. The van der Waals surface area contributed by atoms with Crippen LogP contribution in [-0.4, -0.2) is 33.5 Å². The van der Waals surface area contributed by atoms with Crippen molar-refractivity contribution in [3.8, 4) is 11.5 Å². The summed E-state index contributed by atoms with van der Waals surface area (Å²) in [5.74, 6) is 2.16. The minimum absolute atomic E-state index is 0.248. The Labute approximate surface area is 121 Å². The topological polar surface area (TPSA) is 39.7 Å². The van der Waals surface area contributed by atoms with Crippen molar-refractivity contribution in [2.75, 3.05) is 27.4 Å². The molecule has 1 aromatic carbocycles. The molecule has 1 aliphatic heterocycles. The van der Waals surface area contributed by atoms with Gasteiger partial charge in [-0.25, -0.2) is 0 Å². The van der Waals surface area contributed by atoms with Crippen molar-refractivity contribution in [2.45, 2.75) is 32.4 Å². The Morgan fingerprint density at radius 2 is 2.15 bits per heavy atom. The van der Waals surface area contributed by atoms with Crippen LogP contribution >= 0.6 is 0 Å². The van der Waals surface area contributed by atoms with Crippen LogP contribution < -0.4 is 14.8 Å². The second kappa shape index (κ2) is 6.95. The SMILES string of the molecule is CCNC(c1ccc(OC)cc1OC)C1CCOC1C. The lowest BCUT2D eigenvalue weighted by Gasteiger charge is -2.28. The van der Waals surface area contributed by atoms with Gasteiger partial charge in [0.25, 0.3) is 0 Å². The molecule has 0 aromatic heterocycles. The van der Waals surface area contributed by atoms with Crippen LogP contribution in [0.4, 0.5) is 0 Å². The molecule has 0 aliphatic carbocycles. The molecule has 1 saturated heterocycles. The number of rotatable bonds is 6. The van der Waals surface area contributed by atoms with E-state index in [1.165, 1.54) is 5.56 Å². The Hall–Kier alpha value is -1.26. The summed E-state index contributed by atoms with van der Waals surface area (Å²) >= 11 is 0. The van der Waals surface area contributed by atoms with Gasteiger partial charge in [-0.1, -0.05) is 13.0 Å². The lowest BCUT2D eigenvalue weighted by atomic mass is 9.87. The van der Waals surface area contributed by atoms with Crippen molar-refractivity contribution in [1.29, 1.82) is 0 Å². The minimum Gasteiger partial charge on any atom is -0.497 e. The highest BCUT2D eigenvalue weighted by Crippen LogP contribution is 2.38. The van der Waals surface area contributed by atoms with Crippen molar-refractivity contribution in [3.05, 3.63) is 23.8 Å². The molecule has 0 radical (unpaired) electrons. The molecule has 1 fully saturated rings. The maximum atomic E-state index is 5.73. The quantitative estimate of drug-likeness (QED) is 0.869. The largest absolute Gasteiger partial charge is 0.497 e. The summed E-state index contributed by atoms with van der Waals surface area (Å²) in [4.78, 5) is 0. The highest BCUT2D eigenvalue weighted by atomic mass is 16.5. The lowest BCUT2D eigenvalue weighted by molar-refractivity contribution is 0.0952. The van der Waals surface area contributed by atoms with Gasteiger partial charge < -0.3 is 19.5 Å². The van der Waals surface area contributed by atoms with Crippen LogP contribution in [-0.2, 0) is 4.74 Å². The average molecular weight is 279 g/mol. The van der Waals surface area contributed by atoms with E-state index in [-0.39, 0.29) is 12.1 Å². The third-order valence-electron chi connectivity index (χ3n) is 4.06. The standard InChI is InChI=1S/C16H25NO3/c1-5-17-16(13-8-9-20-11(13)2)14-7-6-12(18-3)10-15(14)19-4/h6-7,10-11,13,16-17H,5,8-9H2,1-4H3. The minimum atomic E-state index is 0.248. The highest BCUT2D eigenvalue weighted by Gasteiger charge is 2.33. The Bertz CT molecular complexity index is 436. The molecule has 4 heteroatoms. The number of nitrogens with one attached hydrogen (secondary N) is 1. The summed E-state index contributed by atoms with van der Waals surface area (Å²) in [5, 5.41) is 3.58. The van der Waals surface area contributed by atoms with Crippen molar-refractivity contribution >= 4 is 0 Å². The van der Waals surface area contributed by atoms with Gasteiger partial charge >= 0.3 is 0 Å². The van der Waals surface area contributed by atoms with Gasteiger partial charge in [0.05, 0.1) is 20.3 Å². The van der Waals surface area contributed by atoms with Gasteiger partial charge in [-0.15, -0.1) is 0 Å². The van der Waals surface area contributed by atoms with E-state index in [0.29, 0.717) is 5.92 Å². The molecule has 1 N–H and O–H groups in total. The number of ether oxygens (including phenoxy) is 3. The van der Waals surface area contributed by atoms with E-state index in [1.54, 1.807) is 14.2 Å². The molecule has 0 bridgehead atoms. The molecule has 0 amide bonds. The van der Waals surface area contributed by atoms with E-state index in [1.807, 2.05) is 12.1 Å². The van der Waals surface area contributed by atoms with Crippen molar-refractivity contribution in [1.82, 2.24) is 5.32 Å². The van der Waals surface area contributed by atoms with E-state index < -0.39 is 0 Å². The summed E-state index contributed by atoms with van der Waals surface area (Å²) in [6, 6.07) is 6.28. The van der Waals surface area contributed by atoms with Gasteiger partial charge in [0.15, 0.2) is 0 Å². The van der Waals surface area contributed by atoms with Crippen LogP contribution in [0.1, 0.15) is 31.9 Å². The van der Waals surface area contributed by atoms with Crippen molar-refractivity contribution in [2.24, 2.45) is 5.92 Å². The molecule has 1 aromatic rings. The Morgan fingerprint density at radius 3 is 2.70 bits per heavy atom. The number of hydrogen-bond donors (Lipinski definition) is 1. The third kappa shape index (κ3) is 3.07. The highest BCUT2D eigenvalue weighted by molar-refractivity contribution is 5.43. The summed E-state index contributed by atoms with van der Waals surface area (Å²) in [5.41, 5.74) is 1.18. The van der Waals surface area contributed by atoms with Crippen LogP contribution in [0.3, 0.4) is 0 Å². The second-order valence-electron chi connectivity index (χ2n) is 5.17. The van der Waals surface area contributed by atoms with Crippen molar-refractivity contribution < 1.29 is 14.2 Å². The average Bonchev–Trinajstić information content (AvgIpc) is 2.90. The van der Waals surface area contributed by atoms with Gasteiger partial charge in [-0.05, 0) is 26.0 Å². The zero-order chi connectivity index (χ0) is 14.5. The molecule has 20 heavy (non-hydrogen) atoms. The maximum absolute atomic E-state index is 5.73. The molecule has 1 heterocycles. The van der Waals surface area contributed by atoms with Crippen LogP contribution in [0.5, 0.6) is 11.5 Å². The smallest absolute Gasteiger partial charge is 0.127 e. The maximum Gasteiger partial charge on any atom is 0.127 e. The summed E-state index contributed by atoms with van der Waals surface area (Å²) < 4.78 is 16.5. The summed E-state index contributed by atoms with van der Waals surface area (Å²) in [7, 11) is 3.37. The fourth-order valence-corrected chi connectivity index (χ4v) is 2.97. The second-order valence-corrected chi connectivity index (χ2v) is 5.17. The van der Waals surface area contributed by atoms with Crippen LogP contribution in [0.25, 0.3) is 0 Å². The first-order valence-electron chi connectivity index (χ1n) is 7.28. The summed E-state index contributed by atoms with van der Waals surface area (Å²) in [6.07, 6.45) is 1.35. The molecule has 112 valence electrons. The van der Waals surface area contributed by atoms with Gasteiger partial charge in [0.1, 0.15) is 11.5 Å². The zero-order valence-corrected chi connectivity index (χ0v) is 12.8. The molecular weight excluding hydrogens is 254 g/mol. The van der Waals surface area contributed by atoms with Crippen LogP contribution in [0.2, 0.25) is 0 Å². The molecule has 2 rings (SSSR count). The van der Waals surface area contributed by atoms with Gasteiger partial charge in [0, 0.05) is 30.2 Å². The van der Waals surface area contributed by atoms with Gasteiger partial charge in [0.2, 0.25) is 0 Å². The predicted molar refractivity (Wildman–Crippen MR) is 79.5 cm³/mol. The number of benzene rings is 1. The molecule has 0 spiro atoms. The van der Waals surface area contributed by atoms with Gasteiger partial charge in [-0.2, -0.15) is 0 Å². The van der Waals surface area contributed by atoms with E-state index >= 15 is 0 Å². The fraction of sp³-hybridized carbons (Fsp3) is 0.625. The Morgan fingerprint density at radius 1 is 1.35 bits per heavy atom. The number of hydrogen-bond acceptors (Lipinski definition) is 4. The van der Waals surface area contributed by atoms with E-state index in [2.05, 4.69) is 25.2 Å². The third-order valence-corrected chi connectivity index (χ3v) is 4.06. The first-order valence-corrected chi connectivity index (χ1v) is 7.28. The van der Waals surface area contributed by atoms with E-state index in [0.717, 1.165) is 31.1 Å². The molecule has 1 aliphatic rings. The molecule has 3 unspecified atom stereocenters. The van der Waals surface area contributed by atoms with Gasteiger partial charge in [-0.3, -0.25) is 0 Å². The molecule has 4 nitrogen and oxygen atoms in total. The van der Waals surface area contributed by atoms with E-state index in [4.69, 9.17) is 14.2 Å². The Kier molecular flexibility index (Phi) is 5.26. The Balaban J connectivity index is 2.33. The van der Waals surface area contributed by atoms with E-state index in [9.17, 15) is 0 Å². The fourth-order valence-electron chi connectivity index (χ4n) is 2.97. The van der Waals surface area contributed by atoms with Crippen LogP contribution in [0.15, 0.2) is 18.2 Å². The zero-order valence-electron chi connectivity index (χ0n) is 12.8. The number of methoxy groups -OCH3 is 2. The summed E-state index contributed by atoms with van der Waals surface area (Å²) in [6.45, 7) is 6.04. The normalized spacial score (nSPS) is 23.6. The molecule has 3 atom stereocenters. The first-order chi connectivity index (χ1) is 9.71.